The molecule has 6 heteroatoms. The summed E-state index contributed by atoms with van der Waals surface area (Å²) in [7, 11) is 0. The van der Waals surface area contributed by atoms with Crippen molar-refractivity contribution in [3.05, 3.63) is 52.1 Å². The Kier molecular flexibility index (Phi) is 2.66. The van der Waals surface area contributed by atoms with E-state index in [4.69, 9.17) is 5.26 Å². The summed E-state index contributed by atoms with van der Waals surface area (Å²) >= 11 is 0. The zero-order chi connectivity index (χ0) is 12.4. The van der Waals surface area contributed by atoms with Crippen LogP contribution in [0, 0.1) is 23.0 Å². The highest BCUT2D eigenvalue weighted by atomic mass is 19.1. The van der Waals surface area contributed by atoms with Crippen molar-refractivity contribution in [1.29, 1.82) is 5.26 Å². The number of halogens is 2. The Morgan fingerprint density at radius 3 is 2.76 bits per heavy atom. The first-order valence-electron chi connectivity index (χ1n) is 4.56. The Morgan fingerprint density at radius 1 is 1.29 bits per heavy atom. The molecule has 0 aliphatic rings. The van der Waals surface area contributed by atoms with Crippen LogP contribution in [0.3, 0.4) is 0 Å². The average Bonchev–Trinajstić information content (AvgIpc) is 2.31. The zero-order valence-corrected chi connectivity index (χ0v) is 8.37. The van der Waals surface area contributed by atoms with E-state index in [2.05, 4.69) is 9.97 Å². The number of H-pyrrole nitrogens is 1. The maximum Gasteiger partial charge on any atom is 0.345 e. The van der Waals surface area contributed by atoms with Gasteiger partial charge in [-0.1, -0.05) is 0 Å². The number of nitrogens with one attached hydrogen (secondary N) is 1. The zero-order valence-electron chi connectivity index (χ0n) is 8.37. The van der Waals surface area contributed by atoms with E-state index in [0.29, 0.717) is 0 Å². The van der Waals surface area contributed by atoms with Crippen LogP contribution in [0.15, 0.2) is 29.2 Å². The first-order chi connectivity index (χ1) is 8.10. The SMILES string of the molecule is N#Cc1cc(F)cc(-c2[nH]c(=O)ncc2F)c1. The van der Waals surface area contributed by atoms with Crippen molar-refractivity contribution in [3.8, 4) is 17.3 Å². The van der Waals surface area contributed by atoms with Gasteiger partial charge in [-0.15, -0.1) is 0 Å². The molecule has 0 bridgehead atoms. The molecule has 4 nitrogen and oxygen atoms in total. The molecule has 0 aliphatic heterocycles. The van der Waals surface area contributed by atoms with Gasteiger partial charge in [-0.2, -0.15) is 10.2 Å². The number of rotatable bonds is 1. The first-order valence-corrected chi connectivity index (χ1v) is 4.56. The lowest BCUT2D eigenvalue weighted by Gasteiger charge is -2.03. The summed E-state index contributed by atoms with van der Waals surface area (Å²) < 4.78 is 26.5. The van der Waals surface area contributed by atoms with Crippen LogP contribution in [0.1, 0.15) is 5.56 Å². The van der Waals surface area contributed by atoms with Gasteiger partial charge in [-0.05, 0) is 18.2 Å². The second-order valence-electron chi connectivity index (χ2n) is 3.25. The van der Waals surface area contributed by atoms with Gasteiger partial charge in [0.25, 0.3) is 0 Å². The molecule has 0 amide bonds. The first kappa shape index (κ1) is 11.0. The van der Waals surface area contributed by atoms with Crippen molar-refractivity contribution in [2.75, 3.05) is 0 Å². The summed E-state index contributed by atoms with van der Waals surface area (Å²) in [6.07, 6.45) is 0.741. The minimum absolute atomic E-state index is 0.0389. The molecular weight excluding hydrogens is 228 g/mol. The fraction of sp³-hybridized carbons (Fsp3) is 0. The molecule has 0 fully saturated rings. The Balaban J connectivity index is 2.68. The molecule has 0 atom stereocenters. The molecule has 0 saturated carbocycles. The number of hydrogen-bond donors (Lipinski definition) is 1. The number of benzene rings is 1. The van der Waals surface area contributed by atoms with E-state index >= 15 is 0 Å². The number of aromatic nitrogens is 2. The molecule has 2 rings (SSSR count). The molecule has 1 aromatic heterocycles. The van der Waals surface area contributed by atoms with Crippen LogP contribution in [-0.2, 0) is 0 Å². The maximum atomic E-state index is 13.4. The molecule has 0 spiro atoms. The molecule has 84 valence electrons. The van der Waals surface area contributed by atoms with Gasteiger partial charge in [0.2, 0.25) is 0 Å². The van der Waals surface area contributed by atoms with Gasteiger partial charge in [0.1, 0.15) is 5.82 Å². The van der Waals surface area contributed by atoms with Gasteiger partial charge >= 0.3 is 5.69 Å². The largest absolute Gasteiger partial charge is 0.345 e. The van der Waals surface area contributed by atoms with Crippen molar-refractivity contribution >= 4 is 0 Å². The van der Waals surface area contributed by atoms with Crippen LogP contribution in [0.4, 0.5) is 8.78 Å². The molecule has 0 aliphatic carbocycles. The van der Waals surface area contributed by atoms with Crippen molar-refractivity contribution in [2.45, 2.75) is 0 Å². The minimum Gasteiger partial charge on any atom is -0.303 e. The highest BCUT2D eigenvalue weighted by molar-refractivity contribution is 5.61. The molecule has 0 radical (unpaired) electrons. The van der Waals surface area contributed by atoms with Crippen molar-refractivity contribution in [3.63, 3.8) is 0 Å². The number of nitriles is 1. The van der Waals surface area contributed by atoms with Crippen molar-refractivity contribution < 1.29 is 8.78 Å². The summed E-state index contributed by atoms with van der Waals surface area (Å²) in [5.41, 5.74) is -0.819. The Bertz CT molecular complexity index is 673. The average molecular weight is 233 g/mol. The summed E-state index contributed by atoms with van der Waals surface area (Å²) in [5.74, 6) is -1.48. The van der Waals surface area contributed by atoms with E-state index in [-0.39, 0.29) is 16.8 Å². The predicted molar refractivity (Wildman–Crippen MR) is 54.9 cm³/mol. The molecule has 1 N–H and O–H groups in total. The molecular formula is C11H5F2N3O. The van der Waals surface area contributed by atoms with Crippen LogP contribution < -0.4 is 5.69 Å². The van der Waals surface area contributed by atoms with E-state index in [1.165, 1.54) is 6.07 Å². The highest BCUT2D eigenvalue weighted by Gasteiger charge is 2.09. The van der Waals surface area contributed by atoms with Gasteiger partial charge in [0.05, 0.1) is 23.5 Å². The van der Waals surface area contributed by atoms with Gasteiger partial charge in [-0.25, -0.2) is 13.6 Å². The molecule has 0 unspecified atom stereocenters. The predicted octanol–water partition coefficient (Wildman–Crippen LogP) is 1.59. The molecule has 17 heavy (non-hydrogen) atoms. The number of aromatic amines is 1. The van der Waals surface area contributed by atoms with Crippen LogP contribution in [0.25, 0.3) is 11.3 Å². The van der Waals surface area contributed by atoms with E-state index in [0.717, 1.165) is 18.3 Å². The molecule has 1 heterocycles. The Hall–Kier alpha value is -2.55. The summed E-state index contributed by atoms with van der Waals surface area (Å²) in [4.78, 5) is 16.3. The fourth-order valence-corrected chi connectivity index (χ4v) is 1.39. The lowest BCUT2D eigenvalue weighted by molar-refractivity contribution is 0.613. The van der Waals surface area contributed by atoms with E-state index in [1.807, 2.05) is 0 Å². The lowest BCUT2D eigenvalue weighted by atomic mass is 10.1. The van der Waals surface area contributed by atoms with Gasteiger partial charge < -0.3 is 4.98 Å². The summed E-state index contributed by atoms with van der Waals surface area (Å²) in [6.45, 7) is 0. The monoisotopic (exact) mass is 233 g/mol. The van der Waals surface area contributed by atoms with E-state index in [9.17, 15) is 13.6 Å². The minimum atomic E-state index is -0.793. The van der Waals surface area contributed by atoms with Crippen molar-refractivity contribution in [1.82, 2.24) is 9.97 Å². The maximum absolute atomic E-state index is 13.4. The van der Waals surface area contributed by atoms with Crippen LogP contribution in [0.5, 0.6) is 0 Å². The standard InChI is InChI=1S/C11H5F2N3O/c12-8-2-6(4-14)1-7(3-8)10-9(13)5-15-11(17)16-10/h1-3,5H,(H,15,16,17). The van der Waals surface area contributed by atoms with Crippen LogP contribution in [-0.4, -0.2) is 9.97 Å². The van der Waals surface area contributed by atoms with Gasteiger partial charge in [0, 0.05) is 5.56 Å². The highest BCUT2D eigenvalue weighted by Crippen LogP contribution is 2.21. The third kappa shape index (κ3) is 2.18. The summed E-state index contributed by atoms with van der Waals surface area (Å²) in [6, 6.07) is 5.05. The van der Waals surface area contributed by atoms with Crippen LogP contribution in [0.2, 0.25) is 0 Å². The third-order valence-corrected chi connectivity index (χ3v) is 2.08. The van der Waals surface area contributed by atoms with Gasteiger partial charge in [0.15, 0.2) is 5.82 Å². The van der Waals surface area contributed by atoms with E-state index < -0.39 is 17.3 Å². The van der Waals surface area contributed by atoms with Crippen molar-refractivity contribution in [2.24, 2.45) is 0 Å². The molecule has 0 saturated heterocycles. The van der Waals surface area contributed by atoms with Crippen LogP contribution >= 0.6 is 0 Å². The second-order valence-corrected chi connectivity index (χ2v) is 3.25. The quantitative estimate of drug-likeness (QED) is 0.813. The molecule has 1 aromatic carbocycles. The number of hydrogen-bond acceptors (Lipinski definition) is 3. The topological polar surface area (TPSA) is 69.5 Å². The lowest BCUT2D eigenvalue weighted by Crippen LogP contribution is -2.11. The normalized spacial score (nSPS) is 9.94. The second kappa shape index (κ2) is 4.14. The van der Waals surface area contributed by atoms with E-state index in [1.54, 1.807) is 6.07 Å². The molecule has 2 aromatic rings. The summed E-state index contributed by atoms with van der Waals surface area (Å²) in [5, 5.41) is 8.66. The number of nitrogens with zero attached hydrogens (tertiary/aromatic N) is 2. The fourth-order valence-electron chi connectivity index (χ4n) is 1.39. The Morgan fingerprint density at radius 2 is 2.06 bits per heavy atom. The van der Waals surface area contributed by atoms with Gasteiger partial charge in [-0.3, -0.25) is 0 Å². The smallest absolute Gasteiger partial charge is 0.303 e. The third-order valence-electron chi connectivity index (χ3n) is 2.08. The Labute approximate surface area is 94.2 Å².